The molecule has 26 heavy (non-hydrogen) atoms. The Bertz CT molecular complexity index is 705. The zero-order valence-corrected chi connectivity index (χ0v) is 14.9. The minimum absolute atomic E-state index is 0. The lowest BCUT2D eigenvalue weighted by Gasteiger charge is -2.24. The van der Waals surface area contributed by atoms with E-state index in [1.807, 2.05) is 6.07 Å². The third-order valence-electron chi connectivity index (χ3n) is 3.68. The van der Waals surface area contributed by atoms with E-state index < -0.39 is 17.3 Å². The van der Waals surface area contributed by atoms with Gasteiger partial charge in [0.1, 0.15) is 17.9 Å². The maximum absolute atomic E-state index is 12.5. The van der Waals surface area contributed by atoms with E-state index in [9.17, 15) is 18.0 Å². The number of ether oxygens (including phenoxy) is 1. The van der Waals surface area contributed by atoms with Crippen molar-refractivity contribution in [2.45, 2.75) is 18.6 Å². The van der Waals surface area contributed by atoms with Crippen LogP contribution >= 0.6 is 12.4 Å². The van der Waals surface area contributed by atoms with Gasteiger partial charge in [0.2, 0.25) is 5.91 Å². The third kappa shape index (κ3) is 5.64. The molecule has 0 spiro atoms. The Hall–Kier alpha value is -2.25. The van der Waals surface area contributed by atoms with Gasteiger partial charge in [-0.25, -0.2) is 0 Å². The third-order valence-corrected chi connectivity index (χ3v) is 3.68. The van der Waals surface area contributed by atoms with Crippen LogP contribution in [0.2, 0.25) is 0 Å². The van der Waals surface area contributed by atoms with Crippen molar-refractivity contribution in [3.05, 3.63) is 65.7 Å². The first kappa shape index (κ1) is 21.8. The zero-order valence-electron chi connectivity index (χ0n) is 14.0. The molecule has 0 aliphatic rings. The summed E-state index contributed by atoms with van der Waals surface area (Å²) in [5.41, 5.74) is 4.82. The van der Waals surface area contributed by atoms with Gasteiger partial charge in [0.05, 0.1) is 12.1 Å². The molecule has 4 nitrogen and oxygen atoms in total. The van der Waals surface area contributed by atoms with Crippen molar-refractivity contribution in [1.82, 2.24) is 5.32 Å². The van der Waals surface area contributed by atoms with Gasteiger partial charge in [-0.15, -0.1) is 12.4 Å². The number of hydrogen-bond acceptors (Lipinski definition) is 3. The van der Waals surface area contributed by atoms with Gasteiger partial charge in [0, 0.05) is 0 Å². The number of hydrogen-bond donors (Lipinski definition) is 2. The standard InChI is InChI=1S/C18H19F3N2O2.ClH/c1-17(22,13-5-3-2-4-6-13)16(24)23-11-12-25-15-9-7-14(8-10-15)18(19,20)21;/h2-10H,11-12,22H2,1H3,(H,23,24);1H. The average Bonchev–Trinajstić information content (AvgIpc) is 2.59. The lowest BCUT2D eigenvalue weighted by molar-refractivity contribution is -0.137. The molecule has 0 heterocycles. The van der Waals surface area contributed by atoms with Crippen LogP contribution in [0.4, 0.5) is 13.2 Å². The molecule has 0 aliphatic carbocycles. The summed E-state index contributed by atoms with van der Waals surface area (Å²) >= 11 is 0. The van der Waals surface area contributed by atoms with E-state index in [-0.39, 0.29) is 31.5 Å². The lowest BCUT2D eigenvalue weighted by Crippen LogP contribution is -2.49. The molecule has 0 aromatic heterocycles. The second kappa shape index (κ2) is 8.91. The number of nitrogens with one attached hydrogen (secondary N) is 1. The van der Waals surface area contributed by atoms with Crippen molar-refractivity contribution < 1.29 is 22.7 Å². The number of benzene rings is 2. The first-order chi connectivity index (χ1) is 11.7. The summed E-state index contributed by atoms with van der Waals surface area (Å²) in [6.45, 7) is 1.90. The Morgan fingerprint density at radius 1 is 1.04 bits per heavy atom. The Morgan fingerprint density at radius 2 is 1.62 bits per heavy atom. The molecule has 8 heteroatoms. The summed E-state index contributed by atoms with van der Waals surface area (Å²) in [5, 5.41) is 2.66. The Kier molecular flexibility index (Phi) is 7.47. The van der Waals surface area contributed by atoms with Gasteiger partial charge in [0.15, 0.2) is 0 Å². The SMILES string of the molecule is CC(N)(C(=O)NCCOc1ccc(C(F)(F)F)cc1)c1ccccc1.Cl. The largest absolute Gasteiger partial charge is 0.492 e. The Labute approximate surface area is 155 Å². The van der Waals surface area contributed by atoms with E-state index in [2.05, 4.69) is 5.32 Å². The topological polar surface area (TPSA) is 64.4 Å². The maximum atomic E-state index is 12.5. The van der Waals surface area contributed by atoms with Crippen LogP contribution in [0, 0.1) is 0 Å². The van der Waals surface area contributed by atoms with Crippen LogP contribution in [0.5, 0.6) is 5.75 Å². The van der Waals surface area contributed by atoms with E-state index in [0.29, 0.717) is 11.3 Å². The number of rotatable bonds is 6. The fraction of sp³-hybridized carbons (Fsp3) is 0.278. The molecule has 0 saturated carbocycles. The van der Waals surface area contributed by atoms with Crippen molar-refractivity contribution in [3.8, 4) is 5.75 Å². The molecule has 142 valence electrons. The predicted octanol–water partition coefficient (Wildman–Crippen LogP) is 3.50. The molecule has 0 saturated heterocycles. The Balaban J connectivity index is 0.00000338. The average molecular weight is 389 g/mol. The van der Waals surface area contributed by atoms with Gasteiger partial charge in [-0.1, -0.05) is 30.3 Å². The van der Waals surface area contributed by atoms with E-state index in [1.54, 1.807) is 31.2 Å². The van der Waals surface area contributed by atoms with Gasteiger partial charge in [-0.3, -0.25) is 4.79 Å². The fourth-order valence-corrected chi connectivity index (χ4v) is 2.17. The number of alkyl halides is 3. The summed E-state index contributed by atoms with van der Waals surface area (Å²) in [4.78, 5) is 12.2. The van der Waals surface area contributed by atoms with Crippen LogP contribution < -0.4 is 15.8 Å². The van der Waals surface area contributed by atoms with Gasteiger partial charge in [0.25, 0.3) is 0 Å². The molecule has 0 radical (unpaired) electrons. The van der Waals surface area contributed by atoms with Crippen LogP contribution in [0.3, 0.4) is 0 Å². The highest BCUT2D eigenvalue weighted by Crippen LogP contribution is 2.30. The monoisotopic (exact) mass is 388 g/mol. The molecule has 1 atom stereocenters. The van der Waals surface area contributed by atoms with Crippen LogP contribution in [-0.2, 0) is 16.5 Å². The van der Waals surface area contributed by atoms with E-state index in [4.69, 9.17) is 10.5 Å². The molecule has 0 aliphatic heterocycles. The quantitative estimate of drug-likeness (QED) is 0.744. The summed E-state index contributed by atoms with van der Waals surface area (Å²) < 4.78 is 42.7. The van der Waals surface area contributed by atoms with Crippen molar-refractivity contribution in [2.75, 3.05) is 13.2 Å². The van der Waals surface area contributed by atoms with Crippen LogP contribution in [0.15, 0.2) is 54.6 Å². The maximum Gasteiger partial charge on any atom is 0.416 e. The Morgan fingerprint density at radius 3 is 2.15 bits per heavy atom. The van der Waals surface area contributed by atoms with E-state index in [1.165, 1.54) is 12.1 Å². The first-order valence-electron chi connectivity index (χ1n) is 7.64. The fourth-order valence-electron chi connectivity index (χ4n) is 2.17. The van der Waals surface area contributed by atoms with Crippen LogP contribution in [0.25, 0.3) is 0 Å². The van der Waals surface area contributed by atoms with Crippen LogP contribution in [0.1, 0.15) is 18.1 Å². The van der Waals surface area contributed by atoms with Gasteiger partial charge >= 0.3 is 6.18 Å². The van der Waals surface area contributed by atoms with Crippen LogP contribution in [-0.4, -0.2) is 19.1 Å². The molecule has 1 amide bonds. The first-order valence-corrected chi connectivity index (χ1v) is 7.64. The predicted molar refractivity (Wildman–Crippen MR) is 95.2 cm³/mol. The molecule has 3 N–H and O–H groups in total. The molecule has 2 aromatic rings. The zero-order chi connectivity index (χ0) is 18.5. The smallest absolute Gasteiger partial charge is 0.416 e. The molecule has 2 aromatic carbocycles. The highest BCUT2D eigenvalue weighted by atomic mass is 35.5. The number of amides is 1. The lowest BCUT2D eigenvalue weighted by atomic mass is 9.92. The summed E-state index contributed by atoms with van der Waals surface area (Å²) in [5.74, 6) is -0.0736. The normalized spacial score (nSPS) is 13.3. The van der Waals surface area contributed by atoms with E-state index in [0.717, 1.165) is 12.1 Å². The van der Waals surface area contributed by atoms with Crippen molar-refractivity contribution in [3.63, 3.8) is 0 Å². The number of nitrogens with two attached hydrogens (primary N) is 1. The van der Waals surface area contributed by atoms with Crippen molar-refractivity contribution >= 4 is 18.3 Å². The summed E-state index contributed by atoms with van der Waals surface area (Å²) in [6.07, 6.45) is -4.38. The minimum Gasteiger partial charge on any atom is -0.492 e. The highest BCUT2D eigenvalue weighted by molar-refractivity contribution is 5.87. The van der Waals surface area contributed by atoms with Gasteiger partial charge in [-0.05, 0) is 36.8 Å². The van der Waals surface area contributed by atoms with Gasteiger partial charge < -0.3 is 15.8 Å². The summed E-state index contributed by atoms with van der Waals surface area (Å²) in [6, 6.07) is 13.3. The number of carbonyl (C=O) groups is 1. The molecular formula is C18H20ClF3N2O2. The number of halogens is 4. The molecule has 1 unspecified atom stereocenters. The molecule has 2 rings (SSSR count). The molecular weight excluding hydrogens is 369 g/mol. The van der Waals surface area contributed by atoms with E-state index >= 15 is 0 Å². The minimum atomic E-state index is -4.38. The molecule has 0 fully saturated rings. The highest BCUT2D eigenvalue weighted by Gasteiger charge is 2.30. The van der Waals surface area contributed by atoms with Crippen molar-refractivity contribution in [2.24, 2.45) is 5.73 Å². The number of carbonyl (C=O) groups excluding carboxylic acids is 1. The van der Waals surface area contributed by atoms with Crippen molar-refractivity contribution in [1.29, 1.82) is 0 Å². The second-order valence-corrected chi connectivity index (χ2v) is 5.69. The summed E-state index contributed by atoms with van der Waals surface area (Å²) in [7, 11) is 0. The molecule has 0 bridgehead atoms. The second-order valence-electron chi connectivity index (χ2n) is 5.69. The van der Waals surface area contributed by atoms with Gasteiger partial charge in [-0.2, -0.15) is 13.2 Å².